The molecular formula is C18H12BrFN4O. The molecule has 1 aromatic heterocycles. The van der Waals surface area contributed by atoms with Gasteiger partial charge in [0.2, 0.25) is 0 Å². The number of aromatic nitrogens is 2. The molecule has 124 valence electrons. The van der Waals surface area contributed by atoms with Gasteiger partial charge in [0.1, 0.15) is 18.0 Å². The summed E-state index contributed by atoms with van der Waals surface area (Å²) in [5.74, 6) is 4.10. The summed E-state index contributed by atoms with van der Waals surface area (Å²) in [6.07, 6.45) is 1.35. The van der Waals surface area contributed by atoms with E-state index < -0.39 is 11.7 Å². The Morgan fingerprint density at radius 3 is 2.84 bits per heavy atom. The molecule has 1 amide bonds. The third kappa shape index (κ3) is 3.92. The van der Waals surface area contributed by atoms with Gasteiger partial charge in [0.15, 0.2) is 0 Å². The lowest BCUT2D eigenvalue weighted by Gasteiger charge is -2.11. The maximum absolute atomic E-state index is 14.2. The van der Waals surface area contributed by atoms with Crippen molar-refractivity contribution in [1.29, 1.82) is 0 Å². The number of hydrogen-bond acceptors (Lipinski definition) is 4. The van der Waals surface area contributed by atoms with Gasteiger partial charge >= 0.3 is 0 Å². The van der Waals surface area contributed by atoms with E-state index in [4.69, 9.17) is 0 Å². The number of rotatable bonds is 3. The van der Waals surface area contributed by atoms with Crippen molar-refractivity contribution in [3.05, 3.63) is 53.0 Å². The summed E-state index contributed by atoms with van der Waals surface area (Å²) >= 11 is 3.41. The maximum Gasteiger partial charge on any atom is 0.300 e. The van der Waals surface area contributed by atoms with Crippen LogP contribution in [0.2, 0.25) is 0 Å². The molecule has 1 heterocycles. The lowest BCUT2D eigenvalue weighted by atomic mass is 10.2. The van der Waals surface area contributed by atoms with E-state index in [9.17, 15) is 9.18 Å². The van der Waals surface area contributed by atoms with Crippen molar-refractivity contribution < 1.29 is 9.18 Å². The summed E-state index contributed by atoms with van der Waals surface area (Å²) in [4.78, 5) is 19.9. The molecule has 0 fully saturated rings. The Morgan fingerprint density at radius 1 is 1.24 bits per heavy atom. The van der Waals surface area contributed by atoms with Crippen LogP contribution in [0, 0.1) is 17.7 Å². The number of benzene rings is 2. The molecule has 3 rings (SSSR count). The average molecular weight is 399 g/mol. The van der Waals surface area contributed by atoms with Crippen molar-refractivity contribution >= 4 is 49.9 Å². The van der Waals surface area contributed by atoms with Crippen molar-refractivity contribution in [1.82, 2.24) is 9.97 Å². The zero-order valence-electron chi connectivity index (χ0n) is 13.1. The van der Waals surface area contributed by atoms with Crippen molar-refractivity contribution in [3.63, 3.8) is 0 Å². The molecule has 2 N–H and O–H groups in total. The number of carbonyl (C=O) groups excluding carboxylic acids is 1. The highest BCUT2D eigenvalue weighted by atomic mass is 79.9. The van der Waals surface area contributed by atoms with E-state index in [-0.39, 0.29) is 5.69 Å². The van der Waals surface area contributed by atoms with Crippen LogP contribution in [0.25, 0.3) is 10.9 Å². The predicted molar refractivity (Wildman–Crippen MR) is 99.0 cm³/mol. The van der Waals surface area contributed by atoms with E-state index in [0.29, 0.717) is 16.7 Å². The van der Waals surface area contributed by atoms with E-state index >= 15 is 0 Å². The summed E-state index contributed by atoms with van der Waals surface area (Å²) in [6.45, 7) is 1.53. The summed E-state index contributed by atoms with van der Waals surface area (Å²) in [5.41, 5.74) is 1.25. The van der Waals surface area contributed by atoms with Crippen LogP contribution in [0.3, 0.4) is 0 Å². The molecule has 0 bridgehead atoms. The van der Waals surface area contributed by atoms with E-state index in [1.807, 2.05) is 24.3 Å². The first-order valence-corrected chi connectivity index (χ1v) is 8.06. The van der Waals surface area contributed by atoms with Crippen molar-refractivity contribution in [3.8, 4) is 11.8 Å². The van der Waals surface area contributed by atoms with Crippen LogP contribution in [0.15, 0.2) is 47.2 Å². The molecular weight excluding hydrogens is 387 g/mol. The standard InChI is InChI=1S/C18H12BrFN4O/c1-2-4-17(25)24-16-8-13-15(9-14(16)20)21-10-22-18(13)23-12-6-3-5-11(19)7-12/h3,5-10H,1H3,(H,24,25)(H,21,22,23). The maximum atomic E-state index is 14.2. The van der Waals surface area contributed by atoms with E-state index in [0.717, 1.165) is 10.2 Å². The van der Waals surface area contributed by atoms with Crippen molar-refractivity contribution in [2.45, 2.75) is 6.92 Å². The highest BCUT2D eigenvalue weighted by Crippen LogP contribution is 2.28. The van der Waals surface area contributed by atoms with Gasteiger partial charge in [-0.25, -0.2) is 14.4 Å². The molecule has 5 nitrogen and oxygen atoms in total. The molecule has 0 saturated carbocycles. The summed E-state index contributed by atoms with van der Waals surface area (Å²) in [6, 6.07) is 10.3. The number of amides is 1. The van der Waals surface area contributed by atoms with Crippen molar-refractivity contribution in [2.75, 3.05) is 10.6 Å². The SMILES string of the molecule is CC#CC(=O)Nc1cc2c(Nc3cccc(Br)c3)ncnc2cc1F. The number of hydrogen-bond donors (Lipinski definition) is 2. The predicted octanol–water partition coefficient (Wildman–Crippen LogP) is 4.24. The summed E-state index contributed by atoms with van der Waals surface area (Å²) in [7, 11) is 0. The molecule has 0 radical (unpaired) electrons. The highest BCUT2D eigenvalue weighted by Gasteiger charge is 2.11. The first-order valence-electron chi connectivity index (χ1n) is 7.27. The van der Waals surface area contributed by atoms with Crippen LogP contribution in [-0.4, -0.2) is 15.9 Å². The third-order valence-electron chi connectivity index (χ3n) is 3.30. The van der Waals surface area contributed by atoms with Gasteiger partial charge in [-0.3, -0.25) is 4.79 Å². The molecule has 0 spiro atoms. The number of carbonyl (C=O) groups is 1. The molecule has 0 atom stereocenters. The minimum Gasteiger partial charge on any atom is -0.340 e. The van der Waals surface area contributed by atoms with Gasteiger partial charge in [-0.2, -0.15) is 0 Å². The Kier molecular flexibility index (Phi) is 4.91. The topological polar surface area (TPSA) is 66.9 Å². The smallest absolute Gasteiger partial charge is 0.300 e. The largest absolute Gasteiger partial charge is 0.340 e. The van der Waals surface area contributed by atoms with E-state index in [1.165, 1.54) is 25.4 Å². The van der Waals surface area contributed by atoms with E-state index in [1.54, 1.807) is 0 Å². The quantitative estimate of drug-likeness (QED) is 0.647. The fourth-order valence-corrected chi connectivity index (χ4v) is 2.64. The second-order valence-electron chi connectivity index (χ2n) is 5.04. The minimum atomic E-state index is -0.592. The minimum absolute atomic E-state index is 0.0207. The zero-order valence-corrected chi connectivity index (χ0v) is 14.7. The molecule has 0 saturated heterocycles. The van der Waals surface area contributed by atoms with Crippen LogP contribution in [0.1, 0.15) is 6.92 Å². The lowest BCUT2D eigenvalue weighted by Crippen LogP contribution is -2.10. The fraction of sp³-hybridized carbons (Fsp3) is 0.0556. The van der Waals surface area contributed by atoms with Crippen LogP contribution in [-0.2, 0) is 4.79 Å². The van der Waals surface area contributed by atoms with Crippen LogP contribution in [0.5, 0.6) is 0 Å². The molecule has 0 aliphatic rings. The second kappa shape index (κ2) is 7.28. The average Bonchev–Trinajstić information content (AvgIpc) is 2.56. The number of anilines is 3. The first-order chi connectivity index (χ1) is 12.1. The van der Waals surface area contributed by atoms with Crippen molar-refractivity contribution in [2.24, 2.45) is 0 Å². The Morgan fingerprint density at radius 2 is 2.08 bits per heavy atom. The molecule has 7 heteroatoms. The fourth-order valence-electron chi connectivity index (χ4n) is 2.24. The van der Waals surface area contributed by atoms with Crippen LogP contribution >= 0.6 is 15.9 Å². The Hall–Kier alpha value is -2.98. The van der Waals surface area contributed by atoms with Crippen LogP contribution in [0.4, 0.5) is 21.6 Å². The number of halogens is 2. The van der Waals surface area contributed by atoms with Crippen LogP contribution < -0.4 is 10.6 Å². The van der Waals surface area contributed by atoms with E-state index in [2.05, 4.69) is 48.4 Å². The molecule has 3 aromatic rings. The summed E-state index contributed by atoms with van der Waals surface area (Å²) < 4.78 is 15.1. The normalized spacial score (nSPS) is 10.0. The van der Waals surface area contributed by atoms with Gasteiger partial charge in [-0.05, 0) is 37.1 Å². The Bertz CT molecular complexity index is 1030. The second-order valence-corrected chi connectivity index (χ2v) is 5.95. The monoisotopic (exact) mass is 398 g/mol. The molecule has 0 unspecified atom stereocenters. The zero-order chi connectivity index (χ0) is 17.8. The Balaban J connectivity index is 2.03. The van der Waals surface area contributed by atoms with Gasteiger partial charge in [-0.15, -0.1) is 0 Å². The molecule has 2 aromatic carbocycles. The van der Waals surface area contributed by atoms with Gasteiger partial charge < -0.3 is 10.6 Å². The van der Waals surface area contributed by atoms with Gasteiger partial charge in [-0.1, -0.05) is 27.9 Å². The molecule has 25 heavy (non-hydrogen) atoms. The van der Waals surface area contributed by atoms with Gasteiger partial charge in [0, 0.05) is 21.6 Å². The number of nitrogens with one attached hydrogen (secondary N) is 2. The van der Waals surface area contributed by atoms with Gasteiger partial charge in [0.25, 0.3) is 5.91 Å². The van der Waals surface area contributed by atoms with Gasteiger partial charge in [0.05, 0.1) is 11.2 Å². The highest BCUT2D eigenvalue weighted by molar-refractivity contribution is 9.10. The number of fused-ring (bicyclic) bond motifs is 1. The molecule has 0 aliphatic heterocycles. The number of nitrogens with zero attached hydrogens (tertiary/aromatic N) is 2. The first kappa shape index (κ1) is 16.9. The lowest BCUT2D eigenvalue weighted by molar-refractivity contribution is -0.111. The molecule has 0 aliphatic carbocycles. The Labute approximate surface area is 151 Å². The third-order valence-corrected chi connectivity index (χ3v) is 3.79. The summed E-state index contributed by atoms with van der Waals surface area (Å²) in [5, 5.41) is 6.17.